The number of imidazole rings is 1. The van der Waals surface area contributed by atoms with Crippen LogP contribution in [0.5, 0.6) is 0 Å². The molecule has 0 saturated carbocycles. The summed E-state index contributed by atoms with van der Waals surface area (Å²) >= 11 is 5.90. The van der Waals surface area contributed by atoms with Crippen LogP contribution >= 0.6 is 11.6 Å². The van der Waals surface area contributed by atoms with Crippen LogP contribution in [0.4, 0.5) is 0 Å². The fraction of sp³-hybridized carbons (Fsp3) is 0.400. The van der Waals surface area contributed by atoms with Gasteiger partial charge < -0.3 is 10.3 Å². The van der Waals surface area contributed by atoms with Gasteiger partial charge in [-0.25, -0.2) is 4.98 Å². The van der Waals surface area contributed by atoms with Crippen LogP contribution in [0, 0.1) is 0 Å². The van der Waals surface area contributed by atoms with Gasteiger partial charge in [0.2, 0.25) is 0 Å². The van der Waals surface area contributed by atoms with Gasteiger partial charge >= 0.3 is 0 Å². The summed E-state index contributed by atoms with van der Waals surface area (Å²) in [4.78, 5) is 4.13. The molecule has 1 heterocycles. The number of hydrogen-bond donors (Lipinski definition) is 1. The lowest BCUT2D eigenvalue weighted by Gasteiger charge is -2.32. The maximum Gasteiger partial charge on any atom is 0.0951 e. The number of rotatable bonds is 5. The number of hydrogen-bond acceptors (Lipinski definition) is 2. The standard InChI is InChI=1S/C15H20ClN3/c1-3-15(2,19-9-8-18-11-19)10-14(17)12-4-6-13(16)7-5-12/h4-9,11,14H,3,10,17H2,1-2H3. The van der Waals surface area contributed by atoms with Crippen molar-refractivity contribution in [1.82, 2.24) is 9.55 Å². The molecule has 2 N–H and O–H groups in total. The van der Waals surface area contributed by atoms with Crippen molar-refractivity contribution < 1.29 is 0 Å². The number of aromatic nitrogens is 2. The monoisotopic (exact) mass is 277 g/mol. The lowest BCUT2D eigenvalue weighted by Crippen LogP contribution is -2.32. The van der Waals surface area contributed by atoms with Crippen LogP contribution < -0.4 is 5.73 Å². The van der Waals surface area contributed by atoms with Gasteiger partial charge in [0, 0.05) is 29.0 Å². The Morgan fingerprint density at radius 2 is 2.05 bits per heavy atom. The molecule has 0 fully saturated rings. The molecule has 102 valence electrons. The minimum atomic E-state index is -0.0183. The molecule has 0 saturated heterocycles. The molecule has 0 aliphatic rings. The molecule has 19 heavy (non-hydrogen) atoms. The molecular weight excluding hydrogens is 258 g/mol. The molecule has 1 aromatic heterocycles. The highest BCUT2D eigenvalue weighted by Gasteiger charge is 2.27. The molecule has 1 aromatic carbocycles. The van der Waals surface area contributed by atoms with Gasteiger partial charge in [-0.15, -0.1) is 0 Å². The Bertz CT molecular complexity index is 507. The smallest absolute Gasteiger partial charge is 0.0951 e. The maximum atomic E-state index is 6.34. The molecule has 2 rings (SSSR count). The van der Waals surface area contributed by atoms with Crippen molar-refractivity contribution in [3.05, 3.63) is 53.6 Å². The summed E-state index contributed by atoms with van der Waals surface area (Å²) in [5.41, 5.74) is 7.43. The molecule has 3 nitrogen and oxygen atoms in total. The van der Waals surface area contributed by atoms with E-state index >= 15 is 0 Å². The van der Waals surface area contributed by atoms with E-state index in [-0.39, 0.29) is 11.6 Å². The van der Waals surface area contributed by atoms with Crippen molar-refractivity contribution in [2.24, 2.45) is 5.73 Å². The number of nitrogens with two attached hydrogens (primary N) is 1. The SMILES string of the molecule is CCC(C)(CC(N)c1ccc(Cl)cc1)n1ccnc1. The van der Waals surface area contributed by atoms with Crippen molar-refractivity contribution in [2.45, 2.75) is 38.3 Å². The first-order chi connectivity index (χ1) is 9.05. The molecule has 4 heteroatoms. The number of benzene rings is 1. The number of nitrogens with zero attached hydrogens (tertiary/aromatic N) is 2. The summed E-state index contributed by atoms with van der Waals surface area (Å²) < 4.78 is 2.14. The fourth-order valence-electron chi connectivity index (χ4n) is 2.31. The Hall–Kier alpha value is -1.32. The van der Waals surface area contributed by atoms with Gasteiger partial charge in [0.05, 0.1) is 6.33 Å². The summed E-state index contributed by atoms with van der Waals surface area (Å²) in [6.07, 6.45) is 7.53. The summed E-state index contributed by atoms with van der Waals surface area (Å²) in [5.74, 6) is 0. The normalized spacial score (nSPS) is 16.0. The Morgan fingerprint density at radius 1 is 1.37 bits per heavy atom. The Kier molecular flexibility index (Phi) is 4.27. The Balaban J connectivity index is 2.16. The first-order valence-corrected chi connectivity index (χ1v) is 6.92. The van der Waals surface area contributed by atoms with Crippen LogP contribution in [-0.2, 0) is 5.54 Å². The average Bonchev–Trinajstić information content (AvgIpc) is 2.93. The lowest BCUT2D eigenvalue weighted by molar-refractivity contribution is 0.260. The zero-order valence-electron chi connectivity index (χ0n) is 11.4. The molecule has 2 unspecified atom stereocenters. The zero-order chi connectivity index (χ0) is 13.9. The Labute approximate surface area is 119 Å². The van der Waals surface area contributed by atoms with E-state index in [0.717, 1.165) is 23.4 Å². The first kappa shape index (κ1) is 14.1. The third-order valence-corrected chi connectivity index (χ3v) is 4.10. The number of halogens is 1. The summed E-state index contributed by atoms with van der Waals surface area (Å²) in [7, 11) is 0. The van der Waals surface area contributed by atoms with Crippen molar-refractivity contribution >= 4 is 11.6 Å². The minimum absolute atomic E-state index is 0.00961. The average molecular weight is 278 g/mol. The van der Waals surface area contributed by atoms with Crippen LogP contribution in [0.25, 0.3) is 0 Å². The van der Waals surface area contributed by atoms with Gasteiger partial charge in [-0.2, -0.15) is 0 Å². The quantitative estimate of drug-likeness (QED) is 0.904. The highest BCUT2D eigenvalue weighted by Crippen LogP contribution is 2.31. The van der Waals surface area contributed by atoms with Crippen LogP contribution in [0.1, 0.15) is 38.3 Å². The van der Waals surface area contributed by atoms with Crippen LogP contribution in [0.3, 0.4) is 0 Å². The van der Waals surface area contributed by atoms with Gasteiger partial charge in [0.15, 0.2) is 0 Å². The second-order valence-corrected chi connectivity index (χ2v) is 5.62. The van der Waals surface area contributed by atoms with Gasteiger partial charge in [-0.05, 0) is 37.5 Å². The van der Waals surface area contributed by atoms with E-state index in [1.807, 2.05) is 43.0 Å². The van der Waals surface area contributed by atoms with E-state index in [9.17, 15) is 0 Å². The van der Waals surface area contributed by atoms with Crippen LogP contribution in [0.2, 0.25) is 5.02 Å². The first-order valence-electron chi connectivity index (χ1n) is 6.54. The maximum absolute atomic E-state index is 6.34. The fourth-order valence-corrected chi connectivity index (χ4v) is 2.44. The highest BCUT2D eigenvalue weighted by molar-refractivity contribution is 6.30. The molecule has 0 radical (unpaired) electrons. The molecule has 0 aliphatic heterocycles. The zero-order valence-corrected chi connectivity index (χ0v) is 12.1. The van der Waals surface area contributed by atoms with Crippen molar-refractivity contribution in [2.75, 3.05) is 0 Å². The van der Waals surface area contributed by atoms with E-state index in [1.165, 1.54) is 0 Å². The molecule has 0 spiro atoms. The largest absolute Gasteiger partial charge is 0.332 e. The van der Waals surface area contributed by atoms with Crippen molar-refractivity contribution in [3.63, 3.8) is 0 Å². The summed E-state index contributed by atoms with van der Waals surface area (Å²) in [6, 6.07) is 7.76. The molecule has 2 atom stereocenters. The predicted molar refractivity (Wildman–Crippen MR) is 79.2 cm³/mol. The summed E-state index contributed by atoms with van der Waals surface area (Å²) in [5, 5.41) is 0.740. The van der Waals surface area contributed by atoms with E-state index in [1.54, 1.807) is 0 Å². The second-order valence-electron chi connectivity index (χ2n) is 5.18. The minimum Gasteiger partial charge on any atom is -0.332 e. The van der Waals surface area contributed by atoms with Crippen molar-refractivity contribution in [3.8, 4) is 0 Å². The van der Waals surface area contributed by atoms with Gasteiger partial charge in [-0.3, -0.25) is 0 Å². The summed E-state index contributed by atoms with van der Waals surface area (Å²) in [6.45, 7) is 4.39. The third-order valence-electron chi connectivity index (χ3n) is 3.85. The highest BCUT2D eigenvalue weighted by atomic mass is 35.5. The molecule has 0 bridgehead atoms. The van der Waals surface area contributed by atoms with E-state index in [2.05, 4.69) is 23.4 Å². The van der Waals surface area contributed by atoms with Crippen molar-refractivity contribution in [1.29, 1.82) is 0 Å². The topological polar surface area (TPSA) is 43.8 Å². The second kappa shape index (κ2) is 5.76. The third kappa shape index (κ3) is 3.17. The van der Waals surface area contributed by atoms with E-state index in [4.69, 9.17) is 17.3 Å². The van der Waals surface area contributed by atoms with Crippen LogP contribution in [-0.4, -0.2) is 9.55 Å². The van der Waals surface area contributed by atoms with Gasteiger partial charge in [-0.1, -0.05) is 30.7 Å². The van der Waals surface area contributed by atoms with Crippen LogP contribution in [0.15, 0.2) is 43.0 Å². The molecule has 0 amide bonds. The Morgan fingerprint density at radius 3 is 2.58 bits per heavy atom. The lowest BCUT2D eigenvalue weighted by atomic mass is 9.87. The van der Waals surface area contributed by atoms with E-state index < -0.39 is 0 Å². The predicted octanol–water partition coefficient (Wildman–Crippen LogP) is 3.75. The van der Waals surface area contributed by atoms with Gasteiger partial charge in [0.25, 0.3) is 0 Å². The van der Waals surface area contributed by atoms with Gasteiger partial charge in [0.1, 0.15) is 0 Å². The van der Waals surface area contributed by atoms with E-state index in [0.29, 0.717) is 0 Å². The molecular formula is C15H20ClN3. The molecule has 0 aliphatic carbocycles. The molecule has 2 aromatic rings.